The van der Waals surface area contributed by atoms with E-state index in [9.17, 15) is 0 Å². The lowest BCUT2D eigenvalue weighted by atomic mass is 9.38. The third-order valence-corrected chi connectivity index (χ3v) is 10.0. The van der Waals surface area contributed by atoms with Gasteiger partial charge in [0.25, 0.3) is 0 Å². The van der Waals surface area contributed by atoms with E-state index in [4.69, 9.17) is 0 Å². The Morgan fingerprint density at radius 2 is 1.52 bits per heavy atom. The first kappa shape index (κ1) is 16.2. The van der Waals surface area contributed by atoms with Gasteiger partial charge in [-0.15, -0.1) is 0 Å². The predicted molar refractivity (Wildman–Crippen MR) is 99.3 cm³/mol. The molecule has 0 nitrogen and oxygen atoms in total. The highest BCUT2D eigenvalue weighted by Gasteiger charge is 2.64. The largest absolute Gasteiger partial charge is 0.0998 e. The second-order valence-corrected chi connectivity index (χ2v) is 10.6. The molecule has 7 atom stereocenters. The molecule has 0 aromatic heterocycles. The minimum absolute atomic E-state index is 0.563. The summed E-state index contributed by atoms with van der Waals surface area (Å²) in [6.45, 7) is 14.7. The summed E-state index contributed by atoms with van der Waals surface area (Å²) < 4.78 is 0. The molecule has 0 amide bonds. The van der Waals surface area contributed by atoms with Crippen LogP contribution in [0.1, 0.15) is 91.9 Å². The summed E-state index contributed by atoms with van der Waals surface area (Å²) in [4.78, 5) is 0. The molecule has 0 heteroatoms. The van der Waals surface area contributed by atoms with E-state index in [1.807, 2.05) is 0 Å². The van der Waals surface area contributed by atoms with E-state index in [1.54, 1.807) is 0 Å². The Balaban J connectivity index is 1.70. The van der Waals surface area contributed by atoms with E-state index in [0.29, 0.717) is 16.2 Å². The van der Waals surface area contributed by atoms with Gasteiger partial charge in [-0.3, -0.25) is 0 Å². The normalized spacial score (nSPS) is 55.7. The van der Waals surface area contributed by atoms with Crippen LogP contribution >= 0.6 is 0 Å². The van der Waals surface area contributed by atoms with Crippen molar-refractivity contribution in [3.8, 4) is 0 Å². The van der Waals surface area contributed by atoms with Crippen molar-refractivity contribution < 1.29 is 0 Å². The Labute approximate surface area is 144 Å². The molecule has 0 aliphatic heterocycles. The highest BCUT2D eigenvalue weighted by atomic mass is 14.7. The lowest BCUT2D eigenvalue weighted by molar-refractivity contribution is -0.172. The summed E-state index contributed by atoms with van der Waals surface area (Å²) >= 11 is 0. The molecule has 23 heavy (non-hydrogen) atoms. The molecular formula is C23H38. The van der Waals surface area contributed by atoms with Crippen LogP contribution in [-0.2, 0) is 0 Å². The fraction of sp³-hybridized carbons (Fsp3) is 0.913. The van der Waals surface area contributed by atoms with Crippen molar-refractivity contribution in [2.45, 2.75) is 91.9 Å². The van der Waals surface area contributed by atoms with Crippen LogP contribution in [0.4, 0.5) is 0 Å². The third kappa shape index (κ3) is 1.96. The van der Waals surface area contributed by atoms with E-state index in [1.165, 1.54) is 69.8 Å². The van der Waals surface area contributed by atoms with Gasteiger partial charge in [-0.25, -0.2) is 0 Å². The van der Waals surface area contributed by atoms with Gasteiger partial charge in [-0.05, 0) is 98.2 Å². The van der Waals surface area contributed by atoms with Crippen molar-refractivity contribution in [1.29, 1.82) is 0 Å². The molecule has 0 aromatic rings. The molecule has 130 valence electrons. The average molecular weight is 315 g/mol. The minimum Gasteiger partial charge on any atom is -0.0998 e. The molecule has 0 bridgehead atoms. The first-order chi connectivity index (χ1) is 10.8. The maximum Gasteiger partial charge on any atom is -0.0152 e. The molecule has 0 saturated heterocycles. The monoisotopic (exact) mass is 314 g/mol. The van der Waals surface area contributed by atoms with Gasteiger partial charge in [0.1, 0.15) is 0 Å². The van der Waals surface area contributed by atoms with Crippen LogP contribution in [0, 0.1) is 39.9 Å². The van der Waals surface area contributed by atoms with E-state index in [2.05, 4.69) is 34.3 Å². The van der Waals surface area contributed by atoms with Crippen LogP contribution < -0.4 is 0 Å². The van der Waals surface area contributed by atoms with E-state index >= 15 is 0 Å². The van der Waals surface area contributed by atoms with Gasteiger partial charge >= 0.3 is 0 Å². The molecule has 4 fully saturated rings. The summed E-state index contributed by atoms with van der Waals surface area (Å²) in [6, 6.07) is 0. The Hall–Kier alpha value is -0.260. The van der Waals surface area contributed by atoms with E-state index in [0.717, 1.165) is 23.7 Å². The Morgan fingerprint density at radius 3 is 2.26 bits per heavy atom. The van der Waals surface area contributed by atoms with Gasteiger partial charge in [0.05, 0.1) is 0 Å². The second-order valence-electron chi connectivity index (χ2n) is 10.6. The van der Waals surface area contributed by atoms with Crippen molar-refractivity contribution in [3.05, 3.63) is 12.2 Å². The zero-order chi connectivity index (χ0) is 16.5. The van der Waals surface area contributed by atoms with Crippen molar-refractivity contribution in [1.82, 2.24) is 0 Å². The highest BCUT2D eigenvalue weighted by molar-refractivity contribution is 5.17. The molecule has 0 spiro atoms. The topological polar surface area (TPSA) is 0 Å². The summed E-state index contributed by atoms with van der Waals surface area (Å²) in [5, 5.41) is 0. The molecule has 4 rings (SSSR count). The Kier molecular flexibility index (Phi) is 3.61. The maximum absolute atomic E-state index is 4.37. The summed E-state index contributed by atoms with van der Waals surface area (Å²) in [5.41, 5.74) is 3.28. The van der Waals surface area contributed by atoms with Crippen molar-refractivity contribution in [3.63, 3.8) is 0 Å². The number of fused-ring (bicyclic) bond motifs is 5. The summed E-state index contributed by atoms with van der Waals surface area (Å²) in [7, 11) is 0. The molecular weight excluding hydrogens is 276 g/mol. The molecule has 4 aliphatic carbocycles. The SMILES string of the molecule is C=C(C)C1CCC2C3CCC4CCCCC4(C)C3(C)CCC12C. The molecule has 0 radical (unpaired) electrons. The molecule has 4 aliphatic rings. The minimum atomic E-state index is 0.563. The number of allylic oxidation sites excluding steroid dienone is 1. The second kappa shape index (κ2) is 5.12. The first-order valence-electron chi connectivity index (χ1n) is 10.5. The zero-order valence-corrected chi connectivity index (χ0v) is 16.1. The number of rotatable bonds is 1. The van der Waals surface area contributed by atoms with Crippen LogP contribution in [0.5, 0.6) is 0 Å². The predicted octanol–water partition coefficient (Wildman–Crippen LogP) is 7.00. The Morgan fingerprint density at radius 1 is 0.783 bits per heavy atom. The number of hydrogen-bond donors (Lipinski definition) is 0. The van der Waals surface area contributed by atoms with Crippen molar-refractivity contribution in [2.24, 2.45) is 39.9 Å². The van der Waals surface area contributed by atoms with Gasteiger partial charge in [-0.1, -0.05) is 45.8 Å². The highest BCUT2D eigenvalue weighted by Crippen LogP contribution is 2.72. The fourth-order valence-corrected chi connectivity index (χ4v) is 8.48. The molecule has 0 N–H and O–H groups in total. The van der Waals surface area contributed by atoms with Gasteiger partial charge in [0.2, 0.25) is 0 Å². The maximum atomic E-state index is 4.37. The van der Waals surface area contributed by atoms with Gasteiger partial charge in [0.15, 0.2) is 0 Å². The lowest BCUT2D eigenvalue weighted by Crippen LogP contribution is -2.59. The number of hydrogen-bond acceptors (Lipinski definition) is 0. The average Bonchev–Trinajstić information content (AvgIpc) is 2.85. The van der Waals surface area contributed by atoms with Crippen LogP contribution in [0.25, 0.3) is 0 Å². The zero-order valence-electron chi connectivity index (χ0n) is 16.1. The molecule has 4 saturated carbocycles. The summed E-state index contributed by atoms with van der Waals surface area (Å²) in [5.74, 6) is 3.79. The van der Waals surface area contributed by atoms with Crippen LogP contribution in [0.15, 0.2) is 12.2 Å². The van der Waals surface area contributed by atoms with Crippen molar-refractivity contribution >= 4 is 0 Å². The van der Waals surface area contributed by atoms with Crippen LogP contribution in [0.2, 0.25) is 0 Å². The Bertz CT molecular complexity index is 504. The van der Waals surface area contributed by atoms with E-state index < -0.39 is 0 Å². The van der Waals surface area contributed by atoms with Crippen molar-refractivity contribution in [2.75, 3.05) is 0 Å². The van der Waals surface area contributed by atoms with E-state index in [-0.39, 0.29) is 0 Å². The van der Waals surface area contributed by atoms with Crippen LogP contribution in [0.3, 0.4) is 0 Å². The molecule has 0 aromatic carbocycles. The fourth-order valence-electron chi connectivity index (χ4n) is 8.48. The van der Waals surface area contributed by atoms with Crippen LogP contribution in [-0.4, -0.2) is 0 Å². The first-order valence-corrected chi connectivity index (χ1v) is 10.5. The van der Waals surface area contributed by atoms with Gasteiger partial charge in [0, 0.05) is 0 Å². The molecule has 7 unspecified atom stereocenters. The quantitative estimate of drug-likeness (QED) is 0.457. The van der Waals surface area contributed by atoms with Gasteiger partial charge in [-0.2, -0.15) is 0 Å². The molecule has 0 heterocycles. The standard InChI is InChI=1S/C23H38/c1-16(2)18-11-12-19-20-10-9-17-8-6-7-13-22(17,4)23(20,5)15-14-21(18,19)3/h17-20H,1,6-15H2,2-5H3. The third-order valence-electron chi connectivity index (χ3n) is 10.0. The van der Waals surface area contributed by atoms with Gasteiger partial charge < -0.3 is 0 Å². The summed E-state index contributed by atoms with van der Waals surface area (Å²) in [6.07, 6.45) is 14.9. The smallest absolute Gasteiger partial charge is 0.0152 e. The lowest BCUT2D eigenvalue weighted by Gasteiger charge is -2.66.